The van der Waals surface area contributed by atoms with Gasteiger partial charge in [0.15, 0.2) is 0 Å². The summed E-state index contributed by atoms with van der Waals surface area (Å²) in [6, 6.07) is 3.07. The molecule has 2 atom stereocenters. The van der Waals surface area contributed by atoms with Gasteiger partial charge in [-0.2, -0.15) is 11.3 Å². The third-order valence-electron chi connectivity index (χ3n) is 4.46. The van der Waals surface area contributed by atoms with E-state index in [0.29, 0.717) is 12.2 Å². The molecule has 3 nitrogen and oxygen atoms in total. The van der Waals surface area contributed by atoms with E-state index in [-0.39, 0.29) is 0 Å². The molecule has 2 unspecified atom stereocenters. The third-order valence-corrected chi connectivity index (χ3v) is 5.19. The maximum absolute atomic E-state index is 6.23. The van der Waals surface area contributed by atoms with E-state index in [9.17, 15) is 0 Å². The molecule has 0 spiro atoms. The minimum absolute atomic E-state index is 0.434. The van der Waals surface area contributed by atoms with Crippen molar-refractivity contribution in [2.24, 2.45) is 0 Å². The monoisotopic (exact) mass is 308 g/mol. The smallest absolute Gasteiger partial charge is 0.0707 e. The van der Waals surface area contributed by atoms with Gasteiger partial charge >= 0.3 is 0 Å². The van der Waals surface area contributed by atoms with Crippen molar-refractivity contribution >= 4 is 11.3 Å². The van der Waals surface area contributed by atoms with Crippen molar-refractivity contribution in [1.29, 1.82) is 0 Å². The van der Waals surface area contributed by atoms with Crippen LogP contribution in [0.2, 0.25) is 0 Å². The lowest BCUT2D eigenvalue weighted by Gasteiger charge is -2.25. The molecule has 1 N–H and O–H groups in total. The van der Waals surface area contributed by atoms with Crippen molar-refractivity contribution in [1.82, 2.24) is 10.2 Å². The number of rotatable bonds is 9. The maximum atomic E-state index is 6.23. The Labute approximate surface area is 132 Å². The minimum atomic E-state index is 0.434. The molecule has 1 aromatic rings. The molecule has 1 saturated heterocycles. The highest BCUT2D eigenvalue weighted by Crippen LogP contribution is 2.31. The molecule has 0 bridgehead atoms. The van der Waals surface area contributed by atoms with E-state index in [2.05, 4.69) is 34.0 Å². The lowest BCUT2D eigenvalue weighted by atomic mass is 10.1. The van der Waals surface area contributed by atoms with Crippen molar-refractivity contribution in [3.05, 3.63) is 22.4 Å². The zero-order chi connectivity index (χ0) is 14.5. The Balaban J connectivity index is 1.44. The first kappa shape index (κ1) is 15.5. The second-order valence-electron chi connectivity index (χ2n) is 6.45. The van der Waals surface area contributed by atoms with Crippen LogP contribution in [0.5, 0.6) is 0 Å². The number of nitrogens with zero attached hydrogens (tertiary/aromatic N) is 1. The van der Waals surface area contributed by atoms with Gasteiger partial charge in [-0.25, -0.2) is 0 Å². The van der Waals surface area contributed by atoms with E-state index in [1.807, 2.05) is 0 Å². The van der Waals surface area contributed by atoms with E-state index in [1.165, 1.54) is 37.7 Å². The Morgan fingerprint density at radius 1 is 1.29 bits per heavy atom. The van der Waals surface area contributed by atoms with Gasteiger partial charge in [-0.15, -0.1) is 0 Å². The lowest BCUT2D eigenvalue weighted by Crippen LogP contribution is -2.35. The fraction of sp³-hybridized carbons (Fsp3) is 0.765. The summed E-state index contributed by atoms with van der Waals surface area (Å²) in [5.74, 6) is 0. The summed E-state index contributed by atoms with van der Waals surface area (Å²) < 4.78 is 6.23. The van der Waals surface area contributed by atoms with Gasteiger partial charge in [-0.1, -0.05) is 6.92 Å². The quantitative estimate of drug-likeness (QED) is 0.709. The molecular formula is C17H28N2OS. The molecule has 21 heavy (non-hydrogen) atoms. The average Bonchev–Trinajstić information content (AvgIpc) is 3.03. The van der Waals surface area contributed by atoms with Gasteiger partial charge in [0.1, 0.15) is 0 Å². The molecule has 3 rings (SSSR count). The van der Waals surface area contributed by atoms with Gasteiger partial charge in [0, 0.05) is 25.7 Å². The summed E-state index contributed by atoms with van der Waals surface area (Å²) in [6.45, 7) is 6.57. The Morgan fingerprint density at radius 2 is 2.14 bits per heavy atom. The largest absolute Gasteiger partial charge is 0.372 e. The normalized spacial score (nSPS) is 25.8. The highest BCUT2D eigenvalue weighted by molar-refractivity contribution is 7.07. The lowest BCUT2D eigenvalue weighted by molar-refractivity contribution is 0.0201. The summed E-state index contributed by atoms with van der Waals surface area (Å²) in [6.07, 6.45) is 7.27. The van der Waals surface area contributed by atoms with Crippen LogP contribution in [0.25, 0.3) is 0 Å². The van der Waals surface area contributed by atoms with Crippen LogP contribution in [0.4, 0.5) is 0 Å². The van der Waals surface area contributed by atoms with Crippen molar-refractivity contribution < 1.29 is 4.74 Å². The molecule has 1 aromatic heterocycles. The SMILES string of the molecule is CCCNCC1CCC(CN(Cc2ccsc2)C2CC2)O1. The van der Waals surface area contributed by atoms with E-state index >= 15 is 0 Å². The van der Waals surface area contributed by atoms with Crippen molar-refractivity contribution in [3.63, 3.8) is 0 Å². The summed E-state index contributed by atoms with van der Waals surface area (Å²) >= 11 is 1.80. The Hall–Kier alpha value is -0.420. The second-order valence-corrected chi connectivity index (χ2v) is 7.23. The zero-order valence-electron chi connectivity index (χ0n) is 13.1. The number of hydrogen-bond donors (Lipinski definition) is 1. The van der Waals surface area contributed by atoms with Crippen LogP contribution in [0.15, 0.2) is 16.8 Å². The van der Waals surface area contributed by atoms with Crippen LogP contribution in [0, 0.1) is 0 Å². The van der Waals surface area contributed by atoms with Crippen LogP contribution in [-0.4, -0.2) is 42.8 Å². The van der Waals surface area contributed by atoms with Crippen molar-refractivity contribution in [2.75, 3.05) is 19.6 Å². The van der Waals surface area contributed by atoms with Crippen LogP contribution in [0.1, 0.15) is 44.6 Å². The molecular weight excluding hydrogens is 280 g/mol. The average molecular weight is 308 g/mol. The first-order chi connectivity index (χ1) is 10.3. The van der Waals surface area contributed by atoms with E-state index in [1.54, 1.807) is 11.3 Å². The summed E-state index contributed by atoms with van der Waals surface area (Å²) in [4.78, 5) is 2.65. The molecule has 0 radical (unpaired) electrons. The van der Waals surface area contributed by atoms with Gasteiger partial charge in [-0.05, 0) is 61.0 Å². The highest BCUT2D eigenvalue weighted by atomic mass is 32.1. The van der Waals surface area contributed by atoms with Crippen LogP contribution in [0.3, 0.4) is 0 Å². The minimum Gasteiger partial charge on any atom is -0.372 e. The number of thiophene rings is 1. The Bertz CT molecular complexity index is 405. The van der Waals surface area contributed by atoms with Crippen molar-refractivity contribution in [3.8, 4) is 0 Å². The standard InChI is InChI=1S/C17H28N2OS/c1-2-8-18-10-16-5-6-17(20-16)12-19(15-3-4-15)11-14-7-9-21-13-14/h7,9,13,15-18H,2-6,8,10-12H2,1H3. The first-order valence-electron chi connectivity index (χ1n) is 8.46. The van der Waals surface area contributed by atoms with Gasteiger partial charge < -0.3 is 10.1 Å². The van der Waals surface area contributed by atoms with Crippen LogP contribution < -0.4 is 5.32 Å². The molecule has 2 aliphatic rings. The van der Waals surface area contributed by atoms with E-state index in [0.717, 1.165) is 32.2 Å². The van der Waals surface area contributed by atoms with Crippen molar-refractivity contribution in [2.45, 2.75) is 63.8 Å². The molecule has 118 valence electrons. The van der Waals surface area contributed by atoms with Crippen LogP contribution >= 0.6 is 11.3 Å². The second kappa shape index (κ2) is 7.73. The number of hydrogen-bond acceptors (Lipinski definition) is 4. The Kier molecular flexibility index (Phi) is 5.69. The van der Waals surface area contributed by atoms with Gasteiger partial charge in [0.2, 0.25) is 0 Å². The predicted octanol–water partition coefficient (Wildman–Crippen LogP) is 3.26. The zero-order valence-corrected chi connectivity index (χ0v) is 13.9. The maximum Gasteiger partial charge on any atom is 0.0707 e. The summed E-state index contributed by atoms with van der Waals surface area (Å²) in [5.41, 5.74) is 1.46. The topological polar surface area (TPSA) is 24.5 Å². The highest BCUT2D eigenvalue weighted by Gasteiger charge is 2.33. The van der Waals surface area contributed by atoms with E-state index in [4.69, 9.17) is 4.74 Å². The molecule has 0 aromatic carbocycles. The Morgan fingerprint density at radius 3 is 2.86 bits per heavy atom. The number of ether oxygens (including phenoxy) is 1. The fourth-order valence-electron chi connectivity index (χ4n) is 3.17. The van der Waals surface area contributed by atoms with Gasteiger partial charge in [-0.3, -0.25) is 4.90 Å². The van der Waals surface area contributed by atoms with E-state index < -0.39 is 0 Å². The third kappa shape index (κ3) is 4.78. The van der Waals surface area contributed by atoms with Crippen LogP contribution in [-0.2, 0) is 11.3 Å². The molecule has 0 amide bonds. The van der Waals surface area contributed by atoms with Gasteiger partial charge in [0.05, 0.1) is 12.2 Å². The summed E-state index contributed by atoms with van der Waals surface area (Å²) in [5, 5.41) is 7.95. The first-order valence-corrected chi connectivity index (χ1v) is 9.40. The fourth-order valence-corrected chi connectivity index (χ4v) is 3.83. The molecule has 2 fully saturated rings. The molecule has 1 saturated carbocycles. The number of nitrogens with one attached hydrogen (secondary N) is 1. The molecule has 1 aliphatic heterocycles. The molecule has 4 heteroatoms. The summed E-state index contributed by atoms with van der Waals surface area (Å²) in [7, 11) is 0. The molecule has 1 aliphatic carbocycles. The predicted molar refractivity (Wildman–Crippen MR) is 88.8 cm³/mol. The molecule has 2 heterocycles. The van der Waals surface area contributed by atoms with Gasteiger partial charge in [0.25, 0.3) is 0 Å².